The fraction of sp³-hybridized carbons (Fsp3) is 0.294. The number of benzene rings is 2. The van der Waals surface area contributed by atoms with Crippen molar-refractivity contribution in [2.75, 3.05) is 6.54 Å². The average Bonchev–Trinajstić information content (AvgIpc) is 2.46. The Bertz CT molecular complexity index is 551. The van der Waals surface area contributed by atoms with Crippen molar-refractivity contribution in [3.8, 4) is 5.75 Å². The first-order chi connectivity index (χ1) is 10.2. The van der Waals surface area contributed by atoms with Crippen LogP contribution in [0.25, 0.3) is 0 Å². The smallest absolute Gasteiger partial charge is 0.124 e. The highest BCUT2D eigenvalue weighted by Crippen LogP contribution is 2.18. The summed E-state index contributed by atoms with van der Waals surface area (Å²) in [6, 6.07) is 12.7. The zero-order valence-corrected chi connectivity index (χ0v) is 13.6. The molecule has 0 saturated heterocycles. The third-order valence-corrected chi connectivity index (χ3v) is 3.46. The molecule has 0 bridgehead atoms. The molecule has 0 amide bonds. The van der Waals surface area contributed by atoms with Crippen molar-refractivity contribution in [2.24, 2.45) is 0 Å². The normalized spacial score (nSPS) is 10.6. The maximum absolute atomic E-state index is 13.3. The molecule has 0 atom stereocenters. The van der Waals surface area contributed by atoms with Crippen LogP contribution in [0.4, 0.5) is 4.39 Å². The van der Waals surface area contributed by atoms with Gasteiger partial charge >= 0.3 is 0 Å². The Hall–Kier alpha value is -1.39. The van der Waals surface area contributed by atoms with E-state index in [1.165, 1.54) is 17.7 Å². The molecule has 2 nitrogen and oxygen atoms in total. The predicted molar refractivity (Wildman–Crippen MR) is 86.9 cm³/mol. The second-order valence-corrected chi connectivity index (χ2v) is 5.80. The molecule has 0 saturated carbocycles. The van der Waals surface area contributed by atoms with Crippen molar-refractivity contribution in [3.05, 3.63) is 63.9 Å². The van der Waals surface area contributed by atoms with E-state index >= 15 is 0 Å². The molecule has 0 heterocycles. The Kier molecular flexibility index (Phi) is 6.21. The van der Waals surface area contributed by atoms with Gasteiger partial charge in [-0.05, 0) is 54.4 Å². The summed E-state index contributed by atoms with van der Waals surface area (Å²) in [6.45, 7) is 4.39. The first-order valence-corrected chi connectivity index (χ1v) is 7.84. The SMILES string of the molecule is CCCNCc1ccc(OCc2cc(F)cc(Br)c2)cc1. The molecule has 0 aliphatic carbocycles. The maximum Gasteiger partial charge on any atom is 0.124 e. The molecule has 0 radical (unpaired) electrons. The number of halogens is 2. The van der Waals surface area contributed by atoms with Gasteiger partial charge in [0.25, 0.3) is 0 Å². The maximum atomic E-state index is 13.3. The van der Waals surface area contributed by atoms with Crippen LogP contribution >= 0.6 is 15.9 Å². The highest BCUT2D eigenvalue weighted by molar-refractivity contribution is 9.10. The Morgan fingerprint density at radius 3 is 2.52 bits per heavy atom. The molecule has 0 aliphatic heterocycles. The number of hydrogen-bond donors (Lipinski definition) is 1. The Morgan fingerprint density at radius 2 is 1.86 bits per heavy atom. The van der Waals surface area contributed by atoms with Gasteiger partial charge in [0, 0.05) is 11.0 Å². The Balaban J connectivity index is 1.88. The van der Waals surface area contributed by atoms with Crippen LogP contribution < -0.4 is 10.1 Å². The van der Waals surface area contributed by atoms with Crippen molar-refractivity contribution in [1.29, 1.82) is 0 Å². The number of rotatable bonds is 7. The predicted octanol–water partition coefficient (Wildman–Crippen LogP) is 4.67. The summed E-state index contributed by atoms with van der Waals surface area (Å²) in [5, 5.41) is 3.35. The van der Waals surface area contributed by atoms with E-state index in [4.69, 9.17) is 4.74 Å². The van der Waals surface area contributed by atoms with Crippen molar-refractivity contribution in [1.82, 2.24) is 5.32 Å². The van der Waals surface area contributed by atoms with E-state index in [9.17, 15) is 4.39 Å². The lowest BCUT2D eigenvalue weighted by atomic mass is 10.2. The van der Waals surface area contributed by atoms with Crippen LogP contribution in [-0.2, 0) is 13.2 Å². The lowest BCUT2D eigenvalue weighted by Crippen LogP contribution is -2.13. The molecule has 2 aromatic rings. The van der Waals surface area contributed by atoms with Crippen molar-refractivity contribution in [2.45, 2.75) is 26.5 Å². The summed E-state index contributed by atoms with van der Waals surface area (Å²) in [5.74, 6) is 0.523. The van der Waals surface area contributed by atoms with Crippen LogP contribution in [0.1, 0.15) is 24.5 Å². The van der Waals surface area contributed by atoms with Crippen LogP contribution in [0.2, 0.25) is 0 Å². The minimum absolute atomic E-state index is 0.264. The fourth-order valence-electron chi connectivity index (χ4n) is 1.97. The zero-order chi connectivity index (χ0) is 15.1. The highest BCUT2D eigenvalue weighted by atomic mass is 79.9. The molecule has 0 spiro atoms. The third kappa shape index (κ3) is 5.48. The standard InChI is InChI=1S/C17H19BrFNO/c1-2-7-20-11-13-3-5-17(6-4-13)21-12-14-8-15(18)10-16(19)9-14/h3-6,8-10,20H,2,7,11-12H2,1H3. The summed E-state index contributed by atoms with van der Waals surface area (Å²) in [7, 11) is 0. The zero-order valence-electron chi connectivity index (χ0n) is 12.0. The van der Waals surface area contributed by atoms with Gasteiger partial charge in [-0.15, -0.1) is 0 Å². The van der Waals surface area contributed by atoms with E-state index in [1.54, 1.807) is 0 Å². The quantitative estimate of drug-likeness (QED) is 0.732. The van der Waals surface area contributed by atoms with Crippen LogP contribution in [0.3, 0.4) is 0 Å². The van der Waals surface area contributed by atoms with E-state index in [-0.39, 0.29) is 5.82 Å². The van der Waals surface area contributed by atoms with Crippen LogP contribution in [-0.4, -0.2) is 6.54 Å². The van der Waals surface area contributed by atoms with E-state index < -0.39 is 0 Å². The second-order valence-electron chi connectivity index (χ2n) is 4.89. The number of hydrogen-bond acceptors (Lipinski definition) is 2. The molecule has 0 aromatic heterocycles. The molecular formula is C17H19BrFNO. The lowest BCUT2D eigenvalue weighted by molar-refractivity contribution is 0.305. The van der Waals surface area contributed by atoms with Gasteiger partial charge in [0.15, 0.2) is 0 Å². The molecule has 4 heteroatoms. The summed E-state index contributed by atoms with van der Waals surface area (Å²) in [6.07, 6.45) is 1.13. The van der Waals surface area contributed by atoms with Crippen molar-refractivity contribution < 1.29 is 9.13 Å². The van der Waals surface area contributed by atoms with Gasteiger partial charge in [-0.1, -0.05) is 35.0 Å². The van der Waals surface area contributed by atoms with Gasteiger partial charge in [-0.25, -0.2) is 4.39 Å². The fourth-order valence-corrected chi connectivity index (χ4v) is 2.49. The third-order valence-electron chi connectivity index (χ3n) is 3.01. The number of nitrogens with one attached hydrogen (secondary N) is 1. The van der Waals surface area contributed by atoms with E-state index in [0.717, 1.165) is 35.3 Å². The van der Waals surface area contributed by atoms with Crippen LogP contribution in [0.5, 0.6) is 5.75 Å². The van der Waals surface area contributed by atoms with Crippen LogP contribution in [0, 0.1) is 5.82 Å². The van der Waals surface area contributed by atoms with Crippen LogP contribution in [0.15, 0.2) is 46.9 Å². The molecule has 0 aliphatic rings. The van der Waals surface area contributed by atoms with E-state index in [2.05, 4.69) is 28.2 Å². The molecular weight excluding hydrogens is 333 g/mol. The van der Waals surface area contributed by atoms with E-state index in [1.807, 2.05) is 30.3 Å². The summed E-state index contributed by atoms with van der Waals surface area (Å²) in [4.78, 5) is 0. The first-order valence-electron chi connectivity index (χ1n) is 7.05. The minimum Gasteiger partial charge on any atom is -0.489 e. The monoisotopic (exact) mass is 351 g/mol. The van der Waals surface area contributed by atoms with Gasteiger partial charge in [0.1, 0.15) is 18.2 Å². The first kappa shape index (κ1) is 16.0. The lowest BCUT2D eigenvalue weighted by Gasteiger charge is -2.08. The Labute approximate surface area is 133 Å². The van der Waals surface area contributed by atoms with Gasteiger partial charge in [0.05, 0.1) is 0 Å². The molecule has 112 valence electrons. The van der Waals surface area contributed by atoms with Gasteiger partial charge < -0.3 is 10.1 Å². The second kappa shape index (κ2) is 8.15. The average molecular weight is 352 g/mol. The highest BCUT2D eigenvalue weighted by Gasteiger charge is 2.01. The molecule has 0 unspecified atom stereocenters. The van der Waals surface area contributed by atoms with Gasteiger partial charge in [-0.2, -0.15) is 0 Å². The summed E-state index contributed by atoms with van der Waals surface area (Å²) in [5.41, 5.74) is 2.03. The molecule has 2 rings (SSSR count). The number of ether oxygens (including phenoxy) is 1. The molecule has 1 N–H and O–H groups in total. The largest absolute Gasteiger partial charge is 0.489 e. The summed E-state index contributed by atoms with van der Waals surface area (Å²) >= 11 is 3.28. The van der Waals surface area contributed by atoms with Crippen molar-refractivity contribution >= 4 is 15.9 Å². The Morgan fingerprint density at radius 1 is 1.10 bits per heavy atom. The molecule has 21 heavy (non-hydrogen) atoms. The summed E-state index contributed by atoms with van der Waals surface area (Å²) < 4.78 is 19.7. The molecule has 2 aromatic carbocycles. The van der Waals surface area contributed by atoms with E-state index in [0.29, 0.717) is 6.61 Å². The minimum atomic E-state index is -0.264. The van der Waals surface area contributed by atoms with Crippen molar-refractivity contribution in [3.63, 3.8) is 0 Å². The molecule has 0 fully saturated rings. The van der Waals surface area contributed by atoms with Gasteiger partial charge in [-0.3, -0.25) is 0 Å². The van der Waals surface area contributed by atoms with Gasteiger partial charge in [0.2, 0.25) is 0 Å². The topological polar surface area (TPSA) is 21.3 Å².